The van der Waals surface area contributed by atoms with Gasteiger partial charge in [-0.2, -0.15) is 9.61 Å². The highest BCUT2D eigenvalue weighted by molar-refractivity contribution is 5.94. The molecular weight excluding hydrogens is 258 g/mol. The van der Waals surface area contributed by atoms with Crippen molar-refractivity contribution in [3.63, 3.8) is 0 Å². The minimum atomic E-state index is -0.722. The Labute approximate surface area is 114 Å². The summed E-state index contributed by atoms with van der Waals surface area (Å²) in [5.41, 5.74) is 1.68. The quantitative estimate of drug-likeness (QED) is 0.763. The summed E-state index contributed by atoms with van der Waals surface area (Å²) in [4.78, 5) is 12.3. The van der Waals surface area contributed by atoms with Crippen LogP contribution in [0.15, 0.2) is 29.1 Å². The monoisotopic (exact) mass is 273 g/mol. The van der Waals surface area contributed by atoms with Crippen molar-refractivity contribution in [2.24, 2.45) is 7.05 Å². The number of aryl methyl sites for hydroxylation is 1. The molecule has 0 bridgehead atoms. The molecule has 104 valence electrons. The van der Waals surface area contributed by atoms with Gasteiger partial charge in [0.25, 0.3) is 0 Å². The van der Waals surface area contributed by atoms with Gasteiger partial charge in [-0.05, 0) is 31.2 Å². The van der Waals surface area contributed by atoms with Crippen molar-refractivity contribution in [1.29, 1.82) is 0 Å². The molecule has 3 aromatic rings. The molecule has 6 heteroatoms. The van der Waals surface area contributed by atoms with Gasteiger partial charge in [-0.1, -0.05) is 0 Å². The van der Waals surface area contributed by atoms with E-state index in [1.54, 1.807) is 27.1 Å². The van der Waals surface area contributed by atoms with Crippen LogP contribution in [-0.4, -0.2) is 26.4 Å². The van der Waals surface area contributed by atoms with Crippen LogP contribution in [0, 0.1) is 0 Å². The van der Waals surface area contributed by atoms with E-state index in [2.05, 4.69) is 5.10 Å². The second-order valence-corrected chi connectivity index (χ2v) is 4.77. The standard InChI is InChI=1S/C14H15N3O3/c1-8(18)11-7-13-10-6-9(20-3)4-5-12(10)16(2)14(19)17(13)15-11/h4-8,18H,1-3H3. The van der Waals surface area contributed by atoms with Crippen LogP contribution in [0.4, 0.5) is 0 Å². The van der Waals surface area contributed by atoms with Crippen LogP contribution in [0.5, 0.6) is 5.75 Å². The molecule has 0 fully saturated rings. The zero-order valence-electron chi connectivity index (χ0n) is 11.5. The number of aromatic nitrogens is 3. The van der Waals surface area contributed by atoms with Crippen molar-refractivity contribution in [3.8, 4) is 5.75 Å². The van der Waals surface area contributed by atoms with E-state index in [1.165, 1.54) is 9.08 Å². The highest BCUT2D eigenvalue weighted by Crippen LogP contribution is 2.25. The molecule has 0 spiro atoms. The fraction of sp³-hybridized carbons (Fsp3) is 0.286. The van der Waals surface area contributed by atoms with Gasteiger partial charge >= 0.3 is 5.69 Å². The molecule has 1 unspecified atom stereocenters. The lowest BCUT2D eigenvalue weighted by Crippen LogP contribution is -2.25. The summed E-state index contributed by atoms with van der Waals surface area (Å²) in [7, 11) is 3.29. The Kier molecular flexibility index (Phi) is 2.76. The Hall–Kier alpha value is -2.34. The highest BCUT2D eigenvalue weighted by atomic mass is 16.5. The Bertz CT molecular complexity index is 861. The number of rotatable bonds is 2. The van der Waals surface area contributed by atoms with Gasteiger partial charge in [-0.25, -0.2) is 4.79 Å². The maximum atomic E-state index is 12.3. The first-order chi connectivity index (χ1) is 9.52. The van der Waals surface area contributed by atoms with Gasteiger partial charge in [0, 0.05) is 12.4 Å². The summed E-state index contributed by atoms with van der Waals surface area (Å²) >= 11 is 0. The molecule has 2 aromatic heterocycles. The van der Waals surface area contributed by atoms with E-state index in [9.17, 15) is 9.90 Å². The Balaban J connectivity index is 2.51. The number of nitrogens with zero attached hydrogens (tertiary/aromatic N) is 3. The predicted molar refractivity (Wildman–Crippen MR) is 75.1 cm³/mol. The predicted octanol–water partition coefficient (Wildman–Crippen LogP) is 1.25. The third kappa shape index (κ3) is 1.69. The molecule has 1 aromatic carbocycles. The van der Waals surface area contributed by atoms with Crippen LogP contribution in [0.3, 0.4) is 0 Å². The molecule has 0 aliphatic heterocycles. The van der Waals surface area contributed by atoms with E-state index in [-0.39, 0.29) is 5.69 Å². The molecule has 6 nitrogen and oxygen atoms in total. The second kappa shape index (κ2) is 4.35. The molecule has 20 heavy (non-hydrogen) atoms. The number of hydrogen-bond donors (Lipinski definition) is 1. The molecule has 0 aliphatic carbocycles. The van der Waals surface area contributed by atoms with E-state index >= 15 is 0 Å². The third-order valence-corrected chi connectivity index (χ3v) is 3.47. The van der Waals surface area contributed by atoms with Crippen LogP contribution < -0.4 is 10.4 Å². The van der Waals surface area contributed by atoms with Gasteiger partial charge in [0.15, 0.2) is 0 Å². The molecule has 0 radical (unpaired) electrons. The first-order valence-corrected chi connectivity index (χ1v) is 6.27. The zero-order chi connectivity index (χ0) is 14.4. The molecular formula is C14H15N3O3. The third-order valence-electron chi connectivity index (χ3n) is 3.47. The van der Waals surface area contributed by atoms with Gasteiger partial charge in [-0.15, -0.1) is 0 Å². The minimum absolute atomic E-state index is 0.246. The first-order valence-electron chi connectivity index (χ1n) is 6.27. The van der Waals surface area contributed by atoms with Crippen LogP contribution in [-0.2, 0) is 7.05 Å². The van der Waals surface area contributed by atoms with Gasteiger partial charge < -0.3 is 9.84 Å². The van der Waals surface area contributed by atoms with E-state index in [0.717, 1.165) is 10.9 Å². The summed E-state index contributed by atoms with van der Waals surface area (Å²) < 4.78 is 8.07. The molecule has 0 aliphatic rings. The van der Waals surface area contributed by atoms with Crippen molar-refractivity contribution in [2.75, 3.05) is 7.11 Å². The SMILES string of the molecule is COc1ccc2c(c1)c1cc(C(C)O)nn1c(=O)n2C. The summed E-state index contributed by atoms with van der Waals surface area (Å²) in [6.07, 6.45) is -0.722. The molecule has 1 atom stereocenters. The smallest absolute Gasteiger partial charge is 0.349 e. The van der Waals surface area contributed by atoms with Crippen LogP contribution in [0.25, 0.3) is 16.4 Å². The summed E-state index contributed by atoms with van der Waals surface area (Å²) in [6.45, 7) is 1.62. The van der Waals surface area contributed by atoms with E-state index < -0.39 is 6.10 Å². The number of aliphatic hydroxyl groups excluding tert-OH is 1. The Morgan fingerprint density at radius 1 is 1.30 bits per heavy atom. The second-order valence-electron chi connectivity index (χ2n) is 4.77. The van der Waals surface area contributed by atoms with Crippen molar-refractivity contribution in [3.05, 3.63) is 40.4 Å². The summed E-state index contributed by atoms with van der Waals surface area (Å²) in [5.74, 6) is 0.706. The largest absolute Gasteiger partial charge is 0.497 e. The molecule has 0 saturated heterocycles. The molecule has 0 saturated carbocycles. The maximum Gasteiger partial charge on any atom is 0.349 e. The summed E-state index contributed by atoms with van der Waals surface area (Å²) in [5, 5.41) is 14.7. The van der Waals surface area contributed by atoms with Crippen molar-refractivity contribution in [2.45, 2.75) is 13.0 Å². The van der Waals surface area contributed by atoms with Crippen molar-refractivity contribution in [1.82, 2.24) is 14.2 Å². The first kappa shape index (κ1) is 12.7. The van der Waals surface area contributed by atoms with Gasteiger partial charge in [0.1, 0.15) is 5.75 Å². The number of aliphatic hydroxyl groups is 1. The molecule has 3 rings (SSSR count). The average molecular weight is 273 g/mol. The van der Waals surface area contributed by atoms with Crippen molar-refractivity contribution >= 4 is 16.4 Å². The minimum Gasteiger partial charge on any atom is -0.497 e. The lowest BCUT2D eigenvalue weighted by molar-refractivity contribution is 0.194. The number of fused-ring (bicyclic) bond motifs is 3. The van der Waals surface area contributed by atoms with Gasteiger partial charge in [0.2, 0.25) is 0 Å². The zero-order valence-corrected chi connectivity index (χ0v) is 11.5. The summed E-state index contributed by atoms with van der Waals surface area (Å²) in [6, 6.07) is 7.24. The van der Waals surface area contributed by atoms with E-state index in [1.807, 2.05) is 18.2 Å². The molecule has 1 N–H and O–H groups in total. The average Bonchev–Trinajstić information content (AvgIpc) is 2.90. The fourth-order valence-corrected chi connectivity index (χ4v) is 2.33. The normalized spacial score (nSPS) is 13.0. The maximum absolute atomic E-state index is 12.3. The Morgan fingerprint density at radius 2 is 2.05 bits per heavy atom. The number of ether oxygens (including phenoxy) is 1. The topological polar surface area (TPSA) is 68.8 Å². The van der Waals surface area contributed by atoms with Crippen LogP contribution in [0.2, 0.25) is 0 Å². The lowest BCUT2D eigenvalue weighted by atomic mass is 10.2. The van der Waals surface area contributed by atoms with Gasteiger partial charge in [0.05, 0.1) is 29.9 Å². The van der Waals surface area contributed by atoms with Gasteiger partial charge in [-0.3, -0.25) is 4.57 Å². The number of hydrogen-bond acceptors (Lipinski definition) is 4. The van der Waals surface area contributed by atoms with E-state index in [4.69, 9.17) is 4.74 Å². The molecule has 0 amide bonds. The Morgan fingerprint density at radius 3 is 2.70 bits per heavy atom. The fourth-order valence-electron chi connectivity index (χ4n) is 2.33. The highest BCUT2D eigenvalue weighted by Gasteiger charge is 2.14. The molecule has 2 heterocycles. The van der Waals surface area contributed by atoms with Crippen LogP contribution in [0.1, 0.15) is 18.7 Å². The van der Waals surface area contributed by atoms with Crippen LogP contribution >= 0.6 is 0 Å². The van der Waals surface area contributed by atoms with Crippen molar-refractivity contribution < 1.29 is 9.84 Å². The number of benzene rings is 1. The number of methoxy groups -OCH3 is 1. The van der Waals surface area contributed by atoms with E-state index in [0.29, 0.717) is 17.0 Å². The lowest BCUT2D eigenvalue weighted by Gasteiger charge is -2.08.